The van der Waals surface area contributed by atoms with Crippen LogP contribution in [0.5, 0.6) is 0 Å². The number of methoxy groups -OCH3 is 2. The Kier molecular flexibility index (Phi) is 6.49. The van der Waals surface area contributed by atoms with Crippen LogP contribution >= 0.6 is 11.6 Å². The first-order valence-electron chi connectivity index (χ1n) is 9.18. The molecule has 0 aliphatic carbocycles. The second-order valence-corrected chi connectivity index (χ2v) is 7.38. The Labute approximate surface area is 170 Å². The highest BCUT2D eigenvalue weighted by Crippen LogP contribution is 2.32. The lowest BCUT2D eigenvalue weighted by atomic mass is 10.1. The van der Waals surface area contributed by atoms with Crippen molar-refractivity contribution in [2.45, 2.75) is 33.2 Å². The van der Waals surface area contributed by atoms with Gasteiger partial charge in [-0.15, -0.1) is 5.10 Å². The summed E-state index contributed by atoms with van der Waals surface area (Å²) in [5, 5.41) is 12.8. The zero-order valence-electron chi connectivity index (χ0n) is 16.9. The molecule has 0 aliphatic heterocycles. The topological polar surface area (TPSA) is 74.1 Å². The van der Waals surface area contributed by atoms with E-state index in [2.05, 4.69) is 26.7 Å². The predicted octanol–water partition coefficient (Wildman–Crippen LogP) is 4.37. The summed E-state index contributed by atoms with van der Waals surface area (Å²) >= 11 is 6.47. The average molecular weight is 404 g/mol. The molecule has 1 unspecified atom stereocenters. The van der Waals surface area contributed by atoms with Crippen molar-refractivity contribution in [3.63, 3.8) is 0 Å². The van der Waals surface area contributed by atoms with Gasteiger partial charge in [0.1, 0.15) is 0 Å². The van der Waals surface area contributed by atoms with E-state index in [1.807, 2.05) is 37.6 Å². The van der Waals surface area contributed by atoms with Crippen molar-refractivity contribution in [2.24, 2.45) is 0 Å². The molecular weight excluding hydrogens is 378 g/mol. The summed E-state index contributed by atoms with van der Waals surface area (Å²) in [6, 6.07) is 6.02. The van der Waals surface area contributed by atoms with Crippen LogP contribution in [-0.2, 0) is 9.47 Å². The number of fused-ring (bicyclic) bond motifs is 1. The number of anilines is 2. The summed E-state index contributed by atoms with van der Waals surface area (Å²) in [4.78, 5) is 4.64. The number of halogens is 1. The van der Waals surface area contributed by atoms with Crippen LogP contribution in [-0.4, -0.2) is 47.4 Å². The van der Waals surface area contributed by atoms with Crippen LogP contribution in [0.25, 0.3) is 11.0 Å². The van der Waals surface area contributed by atoms with Crippen molar-refractivity contribution in [1.29, 1.82) is 0 Å². The van der Waals surface area contributed by atoms with Gasteiger partial charge in [0.15, 0.2) is 11.3 Å². The van der Waals surface area contributed by atoms with E-state index in [1.54, 1.807) is 14.2 Å². The molecule has 28 heavy (non-hydrogen) atoms. The molecule has 0 amide bonds. The smallest absolute Gasteiger partial charge is 0.160 e. The van der Waals surface area contributed by atoms with Crippen LogP contribution in [0.2, 0.25) is 5.02 Å². The maximum atomic E-state index is 6.47. The fourth-order valence-corrected chi connectivity index (χ4v) is 3.70. The third-order valence-electron chi connectivity index (χ3n) is 4.62. The van der Waals surface area contributed by atoms with E-state index >= 15 is 0 Å². The minimum atomic E-state index is 0.0225. The summed E-state index contributed by atoms with van der Waals surface area (Å²) in [7, 11) is 3.37. The largest absolute Gasteiger partial charge is 0.385 e. The molecule has 2 heterocycles. The van der Waals surface area contributed by atoms with Gasteiger partial charge in [-0.3, -0.25) is 0 Å². The third kappa shape index (κ3) is 4.27. The molecule has 7 nitrogen and oxygen atoms in total. The molecule has 2 aromatic heterocycles. The van der Waals surface area contributed by atoms with E-state index in [0.717, 1.165) is 34.4 Å². The molecular formula is C20H26ClN5O2. The van der Waals surface area contributed by atoms with Crippen LogP contribution in [0, 0.1) is 20.8 Å². The Morgan fingerprint density at radius 1 is 1.14 bits per heavy atom. The Morgan fingerprint density at radius 2 is 1.93 bits per heavy atom. The number of hydrogen-bond acceptors (Lipinski definition) is 6. The second-order valence-electron chi connectivity index (χ2n) is 6.97. The van der Waals surface area contributed by atoms with E-state index in [9.17, 15) is 0 Å². The minimum Gasteiger partial charge on any atom is -0.385 e. The lowest BCUT2D eigenvalue weighted by Crippen LogP contribution is -2.18. The van der Waals surface area contributed by atoms with Gasteiger partial charge < -0.3 is 14.8 Å². The molecule has 0 spiro atoms. The maximum absolute atomic E-state index is 6.47. The number of nitrogens with one attached hydrogen (secondary N) is 1. The van der Waals surface area contributed by atoms with Gasteiger partial charge >= 0.3 is 0 Å². The van der Waals surface area contributed by atoms with E-state index < -0.39 is 0 Å². The summed E-state index contributed by atoms with van der Waals surface area (Å²) in [6.45, 7) is 7.13. The highest BCUT2D eigenvalue weighted by atomic mass is 35.5. The molecule has 0 radical (unpaired) electrons. The van der Waals surface area contributed by atoms with Crippen molar-refractivity contribution in [3.8, 4) is 0 Å². The van der Waals surface area contributed by atoms with Gasteiger partial charge in [-0.2, -0.15) is 0 Å². The molecule has 3 aromatic rings. The highest BCUT2D eigenvalue weighted by Gasteiger charge is 2.19. The van der Waals surface area contributed by atoms with E-state index in [0.29, 0.717) is 29.6 Å². The molecule has 0 fully saturated rings. The lowest BCUT2D eigenvalue weighted by Gasteiger charge is -2.17. The Bertz CT molecular complexity index is 950. The van der Waals surface area contributed by atoms with Gasteiger partial charge in [-0.05, 0) is 50.5 Å². The fraction of sp³-hybridized carbons (Fsp3) is 0.450. The first-order valence-corrected chi connectivity index (χ1v) is 9.56. The zero-order chi connectivity index (χ0) is 20.3. The highest BCUT2D eigenvalue weighted by molar-refractivity contribution is 6.33. The van der Waals surface area contributed by atoms with E-state index in [-0.39, 0.29) is 6.04 Å². The lowest BCUT2D eigenvalue weighted by molar-refractivity contribution is 0.117. The van der Waals surface area contributed by atoms with Crippen molar-refractivity contribution < 1.29 is 9.47 Å². The summed E-state index contributed by atoms with van der Waals surface area (Å²) in [5.41, 5.74) is 5.44. The summed E-state index contributed by atoms with van der Waals surface area (Å²) in [6.07, 6.45) is 0.774. The normalized spacial score (nSPS) is 12.5. The Balaban J connectivity index is 2.05. The van der Waals surface area contributed by atoms with Gasteiger partial charge in [-0.1, -0.05) is 22.9 Å². The van der Waals surface area contributed by atoms with Crippen molar-refractivity contribution in [3.05, 3.63) is 40.0 Å². The Hall–Kier alpha value is -2.22. The molecule has 150 valence electrons. The number of hydrogen-bond donors (Lipinski definition) is 1. The van der Waals surface area contributed by atoms with Gasteiger partial charge in [0.2, 0.25) is 0 Å². The maximum Gasteiger partial charge on any atom is 0.160 e. The predicted molar refractivity (Wildman–Crippen MR) is 112 cm³/mol. The fourth-order valence-electron chi connectivity index (χ4n) is 3.34. The van der Waals surface area contributed by atoms with Gasteiger partial charge in [0.25, 0.3) is 0 Å². The van der Waals surface area contributed by atoms with Gasteiger partial charge in [-0.25, -0.2) is 9.67 Å². The first kappa shape index (κ1) is 20.5. The molecule has 1 atom stereocenters. The number of ether oxygens (including phenoxy) is 2. The van der Waals surface area contributed by atoms with Gasteiger partial charge in [0, 0.05) is 26.5 Å². The van der Waals surface area contributed by atoms with E-state index in [1.165, 1.54) is 0 Å². The monoisotopic (exact) mass is 403 g/mol. The van der Waals surface area contributed by atoms with Crippen LogP contribution < -0.4 is 5.32 Å². The second kappa shape index (κ2) is 8.86. The van der Waals surface area contributed by atoms with Crippen LogP contribution in [0.4, 0.5) is 11.5 Å². The standard InChI is InChI=1S/C20H26ClN5O2/c1-12-8-13(2)18(16(21)9-12)23-20-19-17(10-14(3)22-20)26(25-24-19)15(11-28-5)6-7-27-4/h8-10,15H,6-7,11H2,1-5H3,(H,22,23). The summed E-state index contributed by atoms with van der Waals surface area (Å²) in [5.74, 6) is 0.637. The molecule has 0 bridgehead atoms. The van der Waals surface area contributed by atoms with Crippen molar-refractivity contribution >= 4 is 34.1 Å². The molecule has 3 rings (SSSR count). The number of nitrogens with zero attached hydrogens (tertiary/aromatic N) is 4. The minimum absolute atomic E-state index is 0.0225. The molecule has 1 N–H and O–H groups in total. The quantitative estimate of drug-likeness (QED) is 0.601. The molecule has 0 aliphatic rings. The number of pyridine rings is 1. The Morgan fingerprint density at radius 3 is 2.61 bits per heavy atom. The van der Waals surface area contributed by atoms with E-state index in [4.69, 9.17) is 21.1 Å². The molecule has 0 saturated heterocycles. The zero-order valence-corrected chi connectivity index (χ0v) is 17.7. The first-order chi connectivity index (χ1) is 13.4. The van der Waals surface area contributed by atoms with Crippen LogP contribution in [0.3, 0.4) is 0 Å². The SMILES string of the molecule is COCCC(COC)n1nnc2c(Nc3c(C)cc(C)cc3Cl)nc(C)cc21. The summed E-state index contributed by atoms with van der Waals surface area (Å²) < 4.78 is 12.5. The van der Waals surface area contributed by atoms with Crippen LogP contribution in [0.1, 0.15) is 29.3 Å². The molecule has 1 aromatic carbocycles. The van der Waals surface area contributed by atoms with Crippen LogP contribution in [0.15, 0.2) is 18.2 Å². The average Bonchev–Trinajstić information content (AvgIpc) is 3.05. The number of benzene rings is 1. The number of aromatic nitrogens is 4. The van der Waals surface area contributed by atoms with Gasteiger partial charge in [0.05, 0.1) is 28.9 Å². The molecule has 8 heteroatoms. The van der Waals surface area contributed by atoms with Crippen molar-refractivity contribution in [2.75, 3.05) is 32.8 Å². The van der Waals surface area contributed by atoms with Crippen molar-refractivity contribution in [1.82, 2.24) is 20.0 Å². The number of aryl methyl sites for hydroxylation is 3. The number of rotatable bonds is 8. The molecule has 0 saturated carbocycles. The third-order valence-corrected chi connectivity index (χ3v) is 4.92.